The van der Waals surface area contributed by atoms with Gasteiger partial charge >= 0.3 is 18.0 Å². The van der Waals surface area contributed by atoms with Crippen molar-refractivity contribution in [2.45, 2.75) is 37.5 Å². The lowest BCUT2D eigenvalue weighted by molar-refractivity contribution is -0.275. The van der Waals surface area contributed by atoms with Crippen LogP contribution in [0.3, 0.4) is 0 Å². The maximum Gasteiger partial charge on any atom is 0.463 e. The summed E-state index contributed by atoms with van der Waals surface area (Å²) >= 11 is 5.67. The predicted molar refractivity (Wildman–Crippen MR) is 66.0 cm³/mol. The summed E-state index contributed by atoms with van der Waals surface area (Å²) in [5, 5.41) is 0.406. The van der Waals surface area contributed by atoms with Gasteiger partial charge in [-0.15, -0.1) is 0 Å². The summed E-state index contributed by atoms with van der Waals surface area (Å²) in [5.74, 6) is -7.57. The first kappa shape index (κ1) is 16.0. The second-order valence-electron chi connectivity index (χ2n) is 4.86. The Hall–Kier alpha value is -1.37. The number of carbonyl (C=O) groups is 1. The van der Waals surface area contributed by atoms with Crippen LogP contribution in [-0.2, 0) is 11.3 Å². The van der Waals surface area contributed by atoms with E-state index in [0.717, 1.165) is 0 Å². The molecule has 1 aliphatic rings. The number of amides is 1. The SMILES string of the molecule is O=C(N(Cc1ccc(Cl)cc1)C1CC1)C(F)(F)C(F)(F)F. The topological polar surface area (TPSA) is 20.3 Å². The predicted octanol–water partition coefficient (Wildman–Crippen LogP) is 4.03. The quantitative estimate of drug-likeness (QED) is 0.765. The van der Waals surface area contributed by atoms with Gasteiger partial charge in [0.25, 0.3) is 0 Å². The maximum absolute atomic E-state index is 13.2. The van der Waals surface area contributed by atoms with Gasteiger partial charge in [-0.3, -0.25) is 4.79 Å². The molecule has 0 radical (unpaired) electrons. The van der Waals surface area contributed by atoms with E-state index >= 15 is 0 Å². The van der Waals surface area contributed by atoms with E-state index in [-0.39, 0.29) is 6.54 Å². The molecule has 0 bridgehead atoms. The molecule has 1 fully saturated rings. The van der Waals surface area contributed by atoms with E-state index in [1.165, 1.54) is 24.3 Å². The summed E-state index contributed by atoms with van der Waals surface area (Å²) in [4.78, 5) is 12.2. The zero-order valence-corrected chi connectivity index (χ0v) is 11.4. The van der Waals surface area contributed by atoms with E-state index < -0.39 is 24.0 Å². The molecule has 0 spiro atoms. The fraction of sp³-hybridized carbons (Fsp3) is 0.462. The van der Waals surface area contributed by atoms with Crippen LogP contribution in [0.5, 0.6) is 0 Å². The molecule has 2 nitrogen and oxygen atoms in total. The molecular formula is C13H11ClF5NO. The van der Waals surface area contributed by atoms with Gasteiger partial charge in [0.15, 0.2) is 0 Å². The van der Waals surface area contributed by atoms with Gasteiger partial charge in [-0.2, -0.15) is 22.0 Å². The molecule has 1 aromatic rings. The second-order valence-corrected chi connectivity index (χ2v) is 5.30. The van der Waals surface area contributed by atoms with E-state index in [0.29, 0.717) is 28.3 Å². The van der Waals surface area contributed by atoms with Gasteiger partial charge in [0.1, 0.15) is 0 Å². The van der Waals surface area contributed by atoms with Crippen LogP contribution < -0.4 is 0 Å². The standard InChI is InChI=1S/C13H11ClF5NO/c14-9-3-1-8(2-4-9)7-20(10-5-6-10)11(21)12(15,16)13(17,18)19/h1-4,10H,5-7H2. The molecule has 8 heteroatoms. The third-order valence-corrected chi connectivity index (χ3v) is 3.39. The molecule has 0 saturated heterocycles. The van der Waals surface area contributed by atoms with Gasteiger partial charge < -0.3 is 4.90 Å². The van der Waals surface area contributed by atoms with E-state index in [2.05, 4.69) is 0 Å². The van der Waals surface area contributed by atoms with Crippen LogP contribution in [0.15, 0.2) is 24.3 Å². The minimum absolute atomic E-state index is 0.299. The molecule has 0 aromatic heterocycles. The number of carbonyl (C=O) groups excluding carboxylic acids is 1. The number of rotatable bonds is 4. The summed E-state index contributed by atoms with van der Waals surface area (Å²) in [6.45, 7) is -0.299. The van der Waals surface area contributed by atoms with Crippen molar-refractivity contribution in [2.75, 3.05) is 0 Å². The molecule has 0 N–H and O–H groups in total. The molecular weight excluding hydrogens is 317 g/mol. The van der Waals surface area contributed by atoms with Crippen LogP contribution in [0.1, 0.15) is 18.4 Å². The number of halogens is 6. The fourth-order valence-corrected chi connectivity index (χ4v) is 1.97. The highest BCUT2D eigenvalue weighted by atomic mass is 35.5. The van der Waals surface area contributed by atoms with Gasteiger partial charge in [-0.05, 0) is 30.5 Å². The zero-order chi connectivity index (χ0) is 15.8. The average molecular weight is 328 g/mol. The summed E-state index contributed by atoms with van der Waals surface area (Å²) in [5.41, 5.74) is 0.442. The smallest absolute Gasteiger partial charge is 0.330 e. The molecule has 0 aliphatic heterocycles. The number of hydrogen-bond donors (Lipinski definition) is 0. The first-order valence-corrected chi connectivity index (χ1v) is 6.51. The number of nitrogens with zero attached hydrogens (tertiary/aromatic N) is 1. The van der Waals surface area contributed by atoms with Crippen molar-refractivity contribution in [2.24, 2.45) is 0 Å². The van der Waals surface area contributed by atoms with E-state index in [4.69, 9.17) is 11.6 Å². The first-order valence-electron chi connectivity index (χ1n) is 6.13. The highest BCUT2D eigenvalue weighted by Gasteiger charge is 2.65. The Bertz CT molecular complexity index is 524. The summed E-state index contributed by atoms with van der Waals surface area (Å²) in [6, 6.07) is 5.36. The molecule has 0 atom stereocenters. The molecule has 1 amide bonds. The van der Waals surface area contributed by atoms with E-state index in [9.17, 15) is 26.7 Å². The molecule has 2 rings (SSSR count). The van der Waals surface area contributed by atoms with Gasteiger partial charge in [0.05, 0.1) is 0 Å². The normalized spacial score (nSPS) is 15.9. The van der Waals surface area contributed by atoms with Crippen molar-refractivity contribution >= 4 is 17.5 Å². The number of hydrogen-bond acceptors (Lipinski definition) is 1. The van der Waals surface area contributed by atoms with E-state index in [1.807, 2.05) is 0 Å². The Morgan fingerprint density at radius 3 is 2.10 bits per heavy atom. The van der Waals surface area contributed by atoms with Crippen LogP contribution in [0.25, 0.3) is 0 Å². The Kier molecular flexibility index (Phi) is 4.15. The second kappa shape index (κ2) is 5.44. The third-order valence-electron chi connectivity index (χ3n) is 3.14. The molecule has 1 saturated carbocycles. The summed E-state index contributed by atoms with van der Waals surface area (Å²) in [6.07, 6.45) is -5.04. The molecule has 0 heterocycles. The minimum Gasteiger partial charge on any atom is -0.330 e. The third kappa shape index (κ3) is 3.45. The van der Waals surface area contributed by atoms with Gasteiger partial charge in [-0.25, -0.2) is 0 Å². The largest absolute Gasteiger partial charge is 0.463 e. The van der Waals surface area contributed by atoms with Crippen LogP contribution in [0, 0.1) is 0 Å². The monoisotopic (exact) mass is 327 g/mol. The van der Waals surface area contributed by atoms with Crippen molar-refractivity contribution in [3.05, 3.63) is 34.9 Å². The summed E-state index contributed by atoms with van der Waals surface area (Å²) in [7, 11) is 0. The first-order chi connectivity index (χ1) is 9.63. The zero-order valence-electron chi connectivity index (χ0n) is 10.6. The Morgan fingerprint density at radius 2 is 1.67 bits per heavy atom. The molecule has 1 aliphatic carbocycles. The van der Waals surface area contributed by atoms with Gasteiger partial charge in [0, 0.05) is 17.6 Å². The average Bonchev–Trinajstić information content (AvgIpc) is 3.20. The van der Waals surface area contributed by atoms with Gasteiger partial charge in [-0.1, -0.05) is 23.7 Å². The maximum atomic E-state index is 13.2. The van der Waals surface area contributed by atoms with Crippen molar-refractivity contribution < 1.29 is 26.7 Å². The minimum atomic E-state index is -5.89. The Balaban J connectivity index is 2.19. The lowest BCUT2D eigenvalue weighted by Crippen LogP contribution is -2.52. The summed E-state index contributed by atoms with van der Waals surface area (Å²) < 4.78 is 63.3. The Labute approximate surface area is 122 Å². The molecule has 0 unspecified atom stereocenters. The molecule has 21 heavy (non-hydrogen) atoms. The van der Waals surface area contributed by atoms with Crippen LogP contribution >= 0.6 is 11.6 Å². The van der Waals surface area contributed by atoms with Crippen molar-refractivity contribution in [3.8, 4) is 0 Å². The highest BCUT2D eigenvalue weighted by Crippen LogP contribution is 2.40. The van der Waals surface area contributed by atoms with Gasteiger partial charge in [0.2, 0.25) is 0 Å². The Morgan fingerprint density at radius 1 is 1.14 bits per heavy atom. The van der Waals surface area contributed by atoms with Crippen LogP contribution in [0.4, 0.5) is 22.0 Å². The lowest BCUT2D eigenvalue weighted by atomic mass is 10.2. The molecule has 1 aromatic carbocycles. The molecule has 116 valence electrons. The van der Waals surface area contributed by atoms with Crippen molar-refractivity contribution in [3.63, 3.8) is 0 Å². The van der Waals surface area contributed by atoms with Crippen LogP contribution in [-0.4, -0.2) is 28.9 Å². The van der Waals surface area contributed by atoms with Crippen molar-refractivity contribution in [1.29, 1.82) is 0 Å². The van der Waals surface area contributed by atoms with Crippen molar-refractivity contribution in [1.82, 2.24) is 4.90 Å². The fourth-order valence-electron chi connectivity index (χ4n) is 1.84. The number of alkyl halides is 5. The van der Waals surface area contributed by atoms with E-state index in [1.54, 1.807) is 0 Å². The lowest BCUT2D eigenvalue weighted by Gasteiger charge is -2.28. The highest BCUT2D eigenvalue weighted by molar-refractivity contribution is 6.30. The number of benzene rings is 1. The van der Waals surface area contributed by atoms with Crippen LogP contribution in [0.2, 0.25) is 5.02 Å².